The van der Waals surface area contributed by atoms with Crippen molar-refractivity contribution in [1.82, 2.24) is 35.6 Å². The quantitative estimate of drug-likeness (QED) is 0.0753. The number of amides is 3. The molecule has 352 valence electrons. The van der Waals surface area contributed by atoms with Crippen molar-refractivity contribution in [1.29, 1.82) is 0 Å². The minimum absolute atomic E-state index is 0.00402. The number of likely N-dealkylation sites (tertiary alicyclic amines) is 1. The zero-order valence-electron chi connectivity index (χ0n) is 38.0. The van der Waals surface area contributed by atoms with Crippen LogP contribution in [0.25, 0.3) is 21.7 Å². The number of aliphatic hydroxyl groups is 1. The van der Waals surface area contributed by atoms with Gasteiger partial charge >= 0.3 is 0 Å². The highest BCUT2D eigenvalue weighted by molar-refractivity contribution is 7.13. The third kappa shape index (κ3) is 11.0. The molecule has 2 saturated heterocycles. The van der Waals surface area contributed by atoms with Gasteiger partial charge in [0.25, 0.3) is 5.91 Å². The van der Waals surface area contributed by atoms with Crippen molar-refractivity contribution in [2.45, 2.75) is 77.4 Å². The highest BCUT2D eigenvalue weighted by Crippen LogP contribution is 2.41. The van der Waals surface area contributed by atoms with Crippen molar-refractivity contribution < 1.29 is 33.7 Å². The fourth-order valence-electron chi connectivity index (χ4n) is 8.26. The smallest absolute Gasteiger partial charge is 0.258 e. The number of phenolic OH excluding ortho intramolecular Hbond substituents is 1. The average molecular weight is 934 g/mol. The number of carbonyl (C=O) groups excluding carboxylic acids is 3. The SMILES string of the molecule is Cc1ncsc1-c1ccc(CNC(=O)[C@H]2C[C@H](O)CN2C(=O)[C@@H](NC(=O)C2(F)CC2)C(C)(C)C)c(N=Nc2cccc(OCCN3CCN(c4cc(-c5ccccc5O)nnc4N)CC3)c2)c1. The number of nitrogens with two attached hydrogens (primary N) is 1. The Hall–Kier alpha value is -6.57. The highest BCUT2D eigenvalue weighted by Gasteiger charge is 2.53. The standard InChI is InChI=1S/C48H56FN11O6S/c1-29-41(67-28-52-29)30-12-13-31(26-51-44(63)39-24-33(61)27-60(39)45(64)42(47(2,3)4)53-46(65)48(49)14-15-48)36(22-30)55-54-32-8-7-9-34(23-32)66-21-20-58-16-18-59(19-17-58)38-25-37(56-57-43(38)50)35-10-5-6-11-40(35)62/h5-13,22-23,25,28,33,39,42,61-62H,14-21,24,26-27H2,1-4H3,(H2,50,57)(H,51,63)(H,53,65)/t33-,39+,42+/m0/s1. The molecule has 17 nitrogen and oxygen atoms in total. The Morgan fingerprint density at radius 3 is 2.51 bits per heavy atom. The molecule has 1 aliphatic carbocycles. The Morgan fingerprint density at radius 1 is 1.01 bits per heavy atom. The molecule has 2 aromatic heterocycles. The molecule has 0 spiro atoms. The van der Waals surface area contributed by atoms with Crippen LogP contribution < -0.4 is 26.0 Å². The molecule has 3 amide bonds. The molecule has 1 saturated carbocycles. The Morgan fingerprint density at radius 2 is 1.79 bits per heavy atom. The number of aromatic hydroxyl groups is 1. The lowest BCUT2D eigenvalue weighted by molar-refractivity contribution is -0.145. The van der Waals surface area contributed by atoms with E-state index in [-0.39, 0.29) is 38.1 Å². The molecule has 3 fully saturated rings. The molecule has 3 atom stereocenters. The summed E-state index contributed by atoms with van der Waals surface area (Å²) < 4.78 is 20.8. The lowest BCUT2D eigenvalue weighted by Crippen LogP contribution is -2.59. The van der Waals surface area contributed by atoms with Crippen molar-refractivity contribution in [2.75, 3.05) is 56.5 Å². The first-order valence-electron chi connectivity index (χ1n) is 22.4. The minimum atomic E-state index is -1.98. The first-order chi connectivity index (χ1) is 32.1. The number of thiazole rings is 1. The number of nitrogen functional groups attached to an aromatic ring is 1. The number of azo groups is 1. The van der Waals surface area contributed by atoms with E-state index in [4.69, 9.17) is 10.5 Å². The number of piperazine rings is 1. The molecule has 2 aliphatic heterocycles. The molecular weight excluding hydrogens is 878 g/mol. The summed E-state index contributed by atoms with van der Waals surface area (Å²) in [4.78, 5) is 51.7. The number of hydrogen-bond donors (Lipinski definition) is 5. The number of benzene rings is 3. The van der Waals surface area contributed by atoms with E-state index < -0.39 is 47.0 Å². The summed E-state index contributed by atoms with van der Waals surface area (Å²) in [6, 6.07) is 19.8. The summed E-state index contributed by atoms with van der Waals surface area (Å²) in [7, 11) is 0. The van der Waals surface area contributed by atoms with Crippen LogP contribution in [-0.2, 0) is 20.9 Å². The number of aliphatic hydroxyl groups excluding tert-OH is 1. The Labute approximate surface area is 392 Å². The van der Waals surface area contributed by atoms with Crippen LogP contribution in [0, 0.1) is 12.3 Å². The number of hydrogen-bond acceptors (Lipinski definition) is 15. The van der Waals surface area contributed by atoms with E-state index in [1.54, 1.807) is 44.5 Å². The van der Waals surface area contributed by atoms with E-state index in [2.05, 4.69) is 45.8 Å². The molecule has 5 aromatic rings. The van der Waals surface area contributed by atoms with Gasteiger partial charge in [0.15, 0.2) is 11.5 Å². The second kappa shape index (κ2) is 19.7. The molecule has 8 rings (SSSR count). The fourth-order valence-corrected chi connectivity index (χ4v) is 9.07. The monoisotopic (exact) mass is 933 g/mol. The number of nitrogens with one attached hydrogen (secondary N) is 2. The normalized spacial score (nSPS) is 18.8. The van der Waals surface area contributed by atoms with Gasteiger partial charge in [-0.25, -0.2) is 9.37 Å². The third-order valence-corrected chi connectivity index (χ3v) is 13.3. The number of phenols is 1. The number of halogens is 1. The topological polar surface area (TPSA) is 224 Å². The van der Waals surface area contributed by atoms with Crippen LogP contribution in [-0.4, -0.2) is 123 Å². The van der Waals surface area contributed by atoms with Crippen LogP contribution in [0.1, 0.15) is 51.3 Å². The number of carbonyl (C=O) groups is 3. The summed E-state index contributed by atoms with van der Waals surface area (Å²) in [6.07, 6.45) is -0.760. The lowest BCUT2D eigenvalue weighted by atomic mass is 9.85. The van der Waals surface area contributed by atoms with E-state index in [1.807, 2.05) is 61.5 Å². The zero-order valence-corrected chi connectivity index (χ0v) is 38.8. The zero-order chi connectivity index (χ0) is 47.5. The van der Waals surface area contributed by atoms with Crippen molar-refractivity contribution in [3.63, 3.8) is 0 Å². The van der Waals surface area contributed by atoms with Gasteiger partial charge in [0.05, 0.1) is 44.9 Å². The summed E-state index contributed by atoms with van der Waals surface area (Å²) in [5.74, 6) is -0.786. The maximum absolute atomic E-state index is 14.7. The van der Waals surface area contributed by atoms with Gasteiger partial charge < -0.3 is 41.1 Å². The van der Waals surface area contributed by atoms with Gasteiger partial charge in [0.1, 0.15) is 30.2 Å². The molecule has 3 aliphatic rings. The number of nitrogens with zero attached hydrogens (tertiary/aromatic N) is 8. The largest absolute Gasteiger partial charge is 0.507 e. The maximum Gasteiger partial charge on any atom is 0.258 e. The molecule has 67 heavy (non-hydrogen) atoms. The summed E-state index contributed by atoms with van der Waals surface area (Å²) in [6.45, 7) is 11.3. The summed E-state index contributed by atoms with van der Waals surface area (Å²) in [5.41, 5.74) is 10.6. The molecule has 0 unspecified atom stereocenters. The predicted molar refractivity (Wildman–Crippen MR) is 253 cm³/mol. The second-order valence-corrected chi connectivity index (χ2v) is 19.2. The molecule has 4 heterocycles. The number of aryl methyl sites for hydroxylation is 1. The van der Waals surface area contributed by atoms with Gasteiger partial charge in [-0.2, -0.15) is 10.2 Å². The van der Waals surface area contributed by atoms with Crippen molar-refractivity contribution in [2.24, 2.45) is 15.6 Å². The number of ether oxygens (including phenoxy) is 1. The highest BCUT2D eigenvalue weighted by atomic mass is 32.1. The van der Waals surface area contributed by atoms with Gasteiger partial charge in [0, 0.05) is 63.9 Å². The Balaban J connectivity index is 0.897. The Bertz CT molecular complexity index is 2640. The number of aromatic nitrogens is 3. The van der Waals surface area contributed by atoms with Crippen LogP contribution >= 0.6 is 11.3 Å². The number of β-amino-alcohol motifs (C(OH)–C–C–N with tert-alkyl or cyclic N) is 1. The van der Waals surface area contributed by atoms with Gasteiger partial charge in [0.2, 0.25) is 11.8 Å². The van der Waals surface area contributed by atoms with Gasteiger partial charge in [-0.15, -0.1) is 21.5 Å². The number of para-hydroxylation sites is 1. The van der Waals surface area contributed by atoms with Crippen LogP contribution in [0.3, 0.4) is 0 Å². The van der Waals surface area contributed by atoms with Crippen LogP contribution in [0.4, 0.5) is 27.3 Å². The first kappa shape index (κ1) is 46.9. The number of anilines is 2. The minimum Gasteiger partial charge on any atom is -0.507 e. The van der Waals surface area contributed by atoms with Crippen molar-refractivity contribution in [3.8, 4) is 33.2 Å². The number of rotatable bonds is 15. The van der Waals surface area contributed by atoms with Crippen LogP contribution in [0.5, 0.6) is 11.5 Å². The van der Waals surface area contributed by atoms with Crippen LogP contribution in [0.15, 0.2) is 88.5 Å². The Kier molecular flexibility index (Phi) is 13.8. The average Bonchev–Trinajstić information content (AvgIpc) is 3.72. The van der Waals surface area contributed by atoms with Gasteiger partial charge in [-0.1, -0.05) is 51.1 Å². The molecule has 6 N–H and O–H groups in total. The first-order valence-corrected chi connectivity index (χ1v) is 23.3. The summed E-state index contributed by atoms with van der Waals surface area (Å²) in [5, 5.41) is 44.1. The maximum atomic E-state index is 14.7. The van der Waals surface area contributed by atoms with Crippen LogP contribution in [0.2, 0.25) is 0 Å². The molecule has 0 bridgehead atoms. The molecule has 0 radical (unpaired) electrons. The molecule has 3 aromatic carbocycles. The predicted octanol–water partition coefficient (Wildman–Crippen LogP) is 6.09. The molecule has 19 heteroatoms. The van der Waals surface area contributed by atoms with Gasteiger partial charge in [-0.05, 0) is 72.7 Å². The van der Waals surface area contributed by atoms with Gasteiger partial charge in [-0.3, -0.25) is 19.3 Å². The lowest BCUT2D eigenvalue weighted by Gasteiger charge is -2.36. The summed E-state index contributed by atoms with van der Waals surface area (Å²) >= 11 is 1.50. The number of alkyl halides is 1. The third-order valence-electron chi connectivity index (χ3n) is 12.4. The van der Waals surface area contributed by atoms with E-state index >= 15 is 0 Å². The van der Waals surface area contributed by atoms with E-state index in [1.165, 1.54) is 16.2 Å². The van der Waals surface area contributed by atoms with E-state index in [0.29, 0.717) is 52.9 Å². The second-order valence-electron chi connectivity index (χ2n) is 18.4. The fraction of sp³-hybridized carbons (Fsp3) is 0.417. The van der Waals surface area contributed by atoms with E-state index in [0.717, 1.165) is 48.0 Å². The van der Waals surface area contributed by atoms with E-state index in [9.17, 15) is 29.0 Å². The van der Waals surface area contributed by atoms with Crippen molar-refractivity contribution >= 4 is 51.9 Å². The van der Waals surface area contributed by atoms with Crippen molar-refractivity contribution in [3.05, 3.63) is 89.6 Å². The molecular formula is C48H56FN11O6S.